The molecule has 3 rings (SSSR count). The number of rotatable bonds is 9. The largest absolute Gasteiger partial charge is 0.496 e. The van der Waals surface area contributed by atoms with Crippen molar-refractivity contribution in [2.45, 2.75) is 31.2 Å². The third-order valence-corrected chi connectivity index (χ3v) is 7.72. The first-order valence-electron chi connectivity index (χ1n) is 10.7. The first-order chi connectivity index (χ1) is 15.8. The van der Waals surface area contributed by atoms with Gasteiger partial charge in [-0.25, -0.2) is 8.42 Å². The Morgan fingerprint density at radius 1 is 1.15 bits per heavy atom. The summed E-state index contributed by atoms with van der Waals surface area (Å²) in [5, 5.41) is 3.13. The van der Waals surface area contributed by atoms with Crippen LogP contribution in [0.1, 0.15) is 25.3 Å². The van der Waals surface area contributed by atoms with E-state index in [0.717, 1.165) is 5.56 Å². The number of piperidine rings is 1. The van der Waals surface area contributed by atoms with Crippen molar-refractivity contribution in [3.8, 4) is 17.2 Å². The highest BCUT2D eigenvalue weighted by Gasteiger charge is 2.33. The van der Waals surface area contributed by atoms with Crippen LogP contribution < -0.4 is 19.5 Å². The molecule has 0 unspecified atom stereocenters. The number of hydrogen-bond acceptors (Lipinski definition) is 6. The molecule has 1 atom stereocenters. The third kappa shape index (κ3) is 5.72. The van der Waals surface area contributed by atoms with Gasteiger partial charge in [0.05, 0.1) is 48.8 Å². The van der Waals surface area contributed by atoms with Crippen molar-refractivity contribution in [3.63, 3.8) is 0 Å². The van der Waals surface area contributed by atoms with Crippen LogP contribution in [0.5, 0.6) is 17.2 Å². The van der Waals surface area contributed by atoms with Crippen molar-refractivity contribution in [3.05, 3.63) is 47.0 Å². The van der Waals surface area contributed by atoms with Crippen molar-refractivity contribution in [1.82, 2.24) is 9.62 Å². The minimum Gasteiger partial charge on any atom is -0.496 e. The SMILES string of the molecule is CCOc1ccc(S(=O)(=O)N2CCC[C@H](C(=O)NCc3c(OC)cccc3OC)C2)cc1Cl. The van der Waals surface area contributed by atoms with Gasteiger partial charge in [-0.15, -0.1) is 0 Å². The van der Waals surface area contributed by atoms with Gasteiger partial charge in [0, 0.05) is 13.1 Å². The molecule has 1 N–H and O–H groups in total. The predicted octanol–water partition coefficient (Wildman–Crippen LogP) is 3.47. The van der Waals surface area contributed by atoms with Crippen LogP contribution in [0, 0.1) is 5.92 Å². The molecule has 1 fully saturated rings. The van der Waals surface area contributed by atoms with E-state index in [1.54, 1.807) is 38.5 Å². The minimum absolute atomic E-state index is 0.0794. The molecule has 1 amide bonds. The molecule has 1 aliphatic rings. The second-order valence-corrected chi connectivity index (χ2v) is 9.93. The summed E-state index contributed by atoms with van der Waals surface area (Å²) in [5.74, 6) is 0.963. The molecule has 1 aliphatic heterocycles. The number of ether oxygens (including phenoxy) is 3. The number of hydrogen-bond donors (Lipinski definition) is 1. The van der Waals surface area contributed by atoms with Gasteiger partial charge < -0.3 is 19.5 Å². The summed E-state index contributed by atoms with van der Waals surface area (Å²) < 4.78 is 43.8. The standard InChI is InChI=1S/C23H29ClN2O6S/c1-4-32-22-11-10-17(13-19(22)24)33(28,29)26-12-6-7-16(15-26)23(27)25-14-18-20(30-2)8-5-9-21(18)31-3/h5,8-11,13,16H,4,6-7,12,14-15H2,1-3H3,(H,25,27)/t16-/m0/s1. The highest BCUT2D eigenvalue weighted by atomic mass is 35.5. The van der Waals surface area contributed by atoms with Crippen LogP contribution in [0.2, 0.25) is 5.02 Å². The quantitative estimate of drug-likeness (QED) is 0.571. The predicted molar refractivity (Wildman–Crippen MR) is 125 cm³/mol. The molecule has 10 heteroatoms. The van der Waals surface area contributed by atoms with E-state index in [9.17, 15) is 13.2 Å². The molecule has 0 aromatic heterocycles. The van der Waals surface area contributed by atoms with Crippen molar-refractivity contribution in [2.75, 3.05) is 33.9 Å². The van der Waals surface area contributed by atoms with Crippen molar-refractivity contribution in [1.29, 1.82) is 0 Å². The Balaban J connectivity index is 1.70. The first-order valence-corrected chi connectivity index (χ1v) is 12.5. The fraction of sp³-hybridized carbons (Fsp3) is 0.435. The Morgan fingerprint density at radius 2 is 1.85 bits per heavy atom. The van der Waals surface area contributed by atoms with Crippen LogP contribution in [-0.4, -0.2) is 52.5 Å². The highest BCUT2D eigenvalue weighted by Crippen LogP contribution is 2.31. The van der Waals surface area contributed by atoms with Crippen molar-refractivity contribution < 1.29 is 27.4 Å². The summed E-state index contributed by atoms with van der Waals surface area (Å²) in [6.45, 7) is 2.91. The summed E-state index contributed by atoms with van der Waals surface area (Å²) in [4.78, 5) is 13.0. The Kier molecular flexibility index (Phi) is 8.45. The normalized spacial score (nSPS) is 16.8. The molecule has 0 aliphatic carbocycles. The Hall–Kier alpha value is -2.49. The average Bonchev–Trinajstić information content (AvgIpc) is 2.83. The Bertz CT molecular complexity index is 1070. The zero-order chi connectivity index (χ0) is 24.0. The number of carbonyl (C=O) groups is 1. The zero-order valence-electron chi connectivity index (χ0n) is 19.0. The van der Waals surface area contributed by atoms with E-state index in [1.807, 2.05) is 6.92 Å². The van der Waals surface area contributed by atoms with Crippen LogP contribution in [0.25, 0.3) is 0 Å². The maximum absolute atomic E-state index is 13.2. The molecule has 0 bridgehead atoms. The summed E-state index contributed by atoms with van der Waals surface area (Å²) in [6.07, 6.45) is 1.19. The lowest BCUT2D eigenvalue weighted by molar-refractivity contribution is -0.126. The van der Waals surface area contributed by atoms with Gasteiger partial charge in [0.25, 0.3) is 0 Å². The molecular formula is C23H29ClN2O6S. The molecule has 180 valence electrons. The fourth-order valence-electron chi connectivity index (χ4n) is 3.86. The second-order valence-electron chi connectivity index (χ2n) is 7.59. The smallest absolute Gasteiger partial charge is 0.243 e. The summed E-state index contributed by atoms with van der Waals surface area (Å²) >= 11 is 6.19. The Labute approximate surface area is 199 Å². The number of nitrogens with one attached hydrogen (secondary N) is 1. The maximum Gasteiger partial charge on any atom is 0.243 e. The first kappa shape index (κ1) is 25.1. The molecule has 2 aromatic carbocycles. The fourth-order valence-corrected chi connectivity index (χ4v) is 5.71. The lowest BCUT2D eigenvalue weighted by Crippen LogP contribution is -2.45. The lowest BCUT2D eigenvalue weighted by atomic mass is 9.98. The van der Waals surface area contributed by atoms with Gasteiger partial charge in [-0.3, -0.25) is 4.79 Å². The second kappa shape index (κ2) is 11.1. The third-order valence-electron chi connectivity index (χ3n) is 5.57. The molecule has 8 nitrogen and oxygen atoms in total. The van der Waals surface area contributed by atoms with Crippen LogP contribution in [0.3, 0.4) is 0 Å². The van der Waals surface area contributed by atoms with Gasteiger partial charge in [0.2, 0.25) is 15.9 Å². The van der Waals surface area contributed by atoms with E-state index in [2.05, 4.69) is 5.32 Å². The van der Waals surface area contributed by atoms with Gasteiger partial charge in [0.1, 0.15) is 17.2 Å². The van der Waals surface area contributed by atoms with Crippen LogP contribution in [-0.2, 0) is 21.4 Å². The van der Waals surface area contributed by atoms with Crippen LogP contribution in [0.15, 0.2) is 41.3 Å². The molecule has 1 heterocycles. The summed E-state index contributed by atoms with van der Waals surface area (Å²) in [5.41, 5.74) is 0.722. The maximum atomic E-state index is 13.2. The molecule has 0 spiro atoms. The van der Waals surface area contributed by atoms with E-state index < -0.39 is 15.9 Å². The van der Waals surface area contributed by atoms with Crippen LogP contribution >= 0.6 is 11.6 Å². The highest BCUT2D eigenvalue weighted by molar-refractivity contribution is 7.89. The summed E-state index contributed by atoms with van der Waals surface area (Å²) in [7, 11) is -0.692. The number of carbonyl (C=O) groups excluding carboxylic acids is 1. The van der Waals surface area contributed by atoms with Gasteiger partial charge >= 0.3 is 0 Å². The van der Waals surface area contributed by atoms with E-state index >= 15 is 0 Å². The number of benzene rings is 2. The zero-order valence-corrected chi connectivity index (χ0v) is 20.5. The number of halogens is 1. The molecule has 0 saturated carbocycles. The Morgan fingerprint density at radius 3 is 2.45 bits per heavy atom. The van der Waals surface area contributed by atoms with Gasteiger partial charge in [-0.05, 0) is 50.1 Å². The summed E-state index contributed by atoms with van der Waals surface area (Å²) in [6, 6.07) is 9.80. The lowest BCUT2D eigenvalue weighted by Gasteiger charge is -2.31. The van der Waals surface area contributed by atoms with E-state index in [0.29, 0.717) is 43.2 Å². The molecule has 33 heavy (non-hydrogen) atoms. The van der Waals surface area contributed by atoms with E-state index in [4.69, 9.17) is 25.8 Å². The monoisotopic (exact) mass is 496 g/mol. The van der Waals surface area contributed by atoms with E-state index in [1.165, 1.54) is 16.4 Å². The van der Waals surface area contributed by atoms with Crippen molar-refractivity contribution in [2.24, 2.45) is 5.92 Å². The molecule has 0 radical (unpaired) electrons. The topological polar surface area (TPSA) is 94.2 Å². The average molecular weight is 497 g/mol. The molecule has 2 aromatic rings. The van der Waals surface area contributed by atoms with Gasteiger partial charge in [-0.2, -0.15) is 4.31 Å². The molecule has 1 saturated heterocycles. The van der Waals surface area contributed by atoms with Gasteiger partial charge in [-0.1, -0.05) is 17.7 Å². The van der Waals surface area contributed by atoms with E-state index in [-0.39, 0.29) is 28.9 Å². The van der Waals surface area contributed by atoms with Crippen LogP contribution in [0.4, 0.5) is 0 Å². The number of methoxy groups -OCH3 is 2. The minimum atomic E-state index is -3.80. The van der Waals surface area contributed by atoms with Crippen molar-refractivity contribution >= 4 is 27.5 Å². The number of nitrogens with zero attached hydrogens (tertiary/aromatic N) is 1. The number of sulfonamides is 1. The molecular weight excluding hydrogens is 468 g/mol. The van der Waals surface area contributed by atoms with Gasteiger partial charge in [0.15, 0.2) is 0 Å². The number of amides is 1.